The zero-order chi connectivity index (χ0) is 13.6. The van der Waals surface area contributed by atoms with E-state index < -0.39 is 15.9 Å². The summed E-state index contributed by atoms with van der Waals surface area (Å²) in [5.41, 5.74) is 7.39. The SMILES string of the molecule is NNc1cccnc1S(=O)(=O)NCCCC(N)=O. The van der Waals surface area contributed by atoms with Crippen LogP contribution in [0.3, 0.4) is 0 Å². The number of carbonyl (C=O) groups is 1. The van der Waals surface area contributed by atoms with Crippen LogP contribution in [0.15, 0.2) is 23.4 Å². The van der Waals surface area contributed by atoms with Crippen molar-refractivity contribution in [1.82, 2.24) is 9.71 Å². The van der Waals surface area contributed by atoms with Crippen LogP contribution in [-0.2, 0) is 14.8 Å². The second-order valence-electron chi connectivity index (χ2n) is 3.47. The molecule has 8 nitrogen and oxygen atoms in total. The van der Waals surface area contributed by atoms with Crippen molar-refractivity contribution >= 4 is 21.6 Å². The summed E-state index contributed by atoms with van der Waals surface area (Å²) in [6.45, 7) is 0.103. The van der Waals surface area contributed by atoms with E-state index in [2.05, 4.69) is 15.1 Å². The van der Waals surface area contributed by atoms with Gasteiger partial charge in [0.2, 0.25) is 5.91 Å². The van der Waals surface area contributed by atoms with Crippen LogP contribution in [0.5, 0.6) is 0 Å². The van der Waals surface area contributed by atoms with E-state index in [1.165, 1.54) is 12.3 Å². The molecule has 1 aromatic rings. The van der Waals surface area contributed by atoms with Crippen molar-refractivity contribution in [3.63, 3.8) is 0 Å². The molecule has 0 saturated carbocycles. The summed E-state index contributed by atoms with van der Waals surface area (Å²) in [6.07, 6.45) is 1.79. The van der Waals surface area contributed by atoms with Crippen LogP contribution >= 0.6 is 0 Å². The first-order valence-corrected chi connectivity index (χ1v) is 6.65. The van der Waals surface area contributed by atoms with Gasteiger partial charge in [-0.3, -0.25) is 10.6 Å². The zero-order valence-electron chi connectivity index (χ0n) is 9.59. The maximum atomic E-state index is 11.9. The number of anilines is 1. The Morgan fingerprint density at radius 1 is 1.44 bits per heavy atom. The largest absolute Gasteiger partial charge is 0.370 e. The standard InChI is InChI=1S/C9H15N5O3S/c10-8(15)4-2-6-13-18(16,17)9-7(14-11)3-1-5-12-9/h1,3,5,13-14H,2,4,6,11H2,(H2,10,15). The van der Waals surface area contributed by atoms with Gasteiger partial charge in [0.05, 0.1) is 5.69 Å². The second-order valence-corrected chi connectivity index (χ2v) is 5.15. The Kier molecular flexibility index (Phi) is 5.01. The molecule has 0 radical (unpaired) electrons. The number of hydrogen-bond acceptors (Lipinski definition) is 6. The van der Waals surface area contributed by atoms with E-state index >= 15 is 0 Å². The van der Waals surface area contributed by atoms with E-state index in [1.54, 1.807) is 6.07 Å². The molecule has 1 rings (SSSR count). The molecular formula is C9H15N5O3S. The van der Waals surface area contributed by atoms with Crippen LogP contribution in [0.4, 0.5) is 5.69 Å². The minimum atomic E-state index is -3.76. The molecule has 6 N–H and O–H groups in total. The number of primary amides is 1. The van der Waals surface area contributed by atoms with Gasteiger partial charge in [0.25, 0.3) is 10.0 Å². The molecule has 0 bridgehead atoms. The third-order valence-electron chi connectivity index (χ3n) is 2.07. The molecule has 0 aliphatic rings. The van der Waals surface area contributed by atoms with Crippen molar-refractivity contribution in [2.75, 3.05) is 12.0 Å². The normalized spacial score (nSPS) is 11.2. The first-order chi connectivity index (χ1) is 8.47. The Labute approximate surface area is 105 Å². The average Bonchev–Trinajstić information content (AvgIpc) is 2.34. The Morgan fingerprint density at radius 3 is 2.78 bits per heavy atom. The second kappa shape index (κ2) is 6.28. The first kappa shape index (κ1) is 14.4. The fourth-order valence-corrected chi connectivity index (χ4v) is 2.42. The molecule has 1 amide bonds. The third-order valence-corrected chi connectivity index (χ3v) is 3.49. The lowest BCUT2D eigenvalue weighted by atomic mass is 10.3. The molecule has 100 valence electrons. The summed E-state index contributed by atoms with van der Waals surface area (Å²) < 4.78 is 26.1. The van der Waals surface area contributed by atoms with E-state index in [4.69, 9.17) is 11.6 Å². The van der Waals surface area contributed by atoms with Crippen molar-refractivity contribution in [2.45, 2.75) is 17.9 Å². The molecule has 1 heterocycles. The van der Waals surface area contributed by atoms with E-state index in [1.807, 2.05) is 0 Å². The maximum absolute atomic E-state index is 11.9. The number of nitrogens with zero attached hydrogens (tertiary/aromatic N) is 1. The predicted octanol–water partition coefficient (Wildman–Crippen LogP) is -1.09. The van der Waals surface area contributed by atoms with E-state index in [0.717, 1.165) is 0 Å². The van der Waals surface area contributed by atoms with Crippen LogP contribution in [0, 0.1) is 0 Å². The smallest absolute Gasteiger partial charge is 0.260 e. The van der Waals surface area contributed by atoms with Gasteiger partial charge in [0, 0.05) is 19.2 Å². The molecule has 0 saturated heterocycles. The molecule has 0 aliphatic heterocycles. The number of aromatic nitrogens is 1. The van der Waals surface area contributed by atoms with Gasteiger partial charge in [-0.05, 0) is 18.6 Å². The summed E-state index contributed by atoms with van der Waals surface area (Å²) in [5, 5.41) is -0.188. The maximum Gasteiger partial charge on any atom is 0.260 e. The van der Waals surface area contributed by atoms with Crippen LogP contribution in [0.1, 0.15) is 12.8 Å². The van der Waals surface area contributed by atoms with E-state index in [0.29, 0.717) is 6.42 Å². The number of nitrogen functional groups attached to an aromatic ring is 1. The highest BCUT2D eigenvalue weighted by Crippen LogP contribution is 2.16. The fourth-order valence-electron chi connectivity index (χ4n) is 1.25. The van der Waals surface area contributed by atoms with Gasteiger partial charge in [-0.25, -0.2) is 18.1 Å². The lowest BCUT2D eigenvalue weighted by Crippen LogP contribution is -2.28. The zero-order valence-corrected chi connectivity index (χ0v) is 10.4. The molecule has 0 unspecified atom stereocenters. The number of rotatable bonds is 7. The summed E-state index contributed by atoms with van der Waals surface area (Å²) >= 11 is 0. The van der Waals surface area contributed by atoms with E-state index in [-0.39, 0.29) is 23.7 Å². The number of amides is 1. The number of nitrogens with one attached hydrogen (secondary N) is 2. The molecular weight excluding hydrogens is 258 g/mol. The molecule has 0 aromatic carbocycles. The average molecular weight is 273 g/mol. The number of nitrogens with two attached hydrogens (primary N) is 2. The van der Waals surface area contributed by atoms with Gasteiger partial charge in [0.15, 0.2) is 5.03 Å². The van der Waals surface area contributed by atoms with Crippen LogP contribution in [0.2, 0.25) is 0 Å². The molecule has 0 fully saturated rings. The fraction of sp³-hybridized carbons (Fsp3) is 0.333. The number of hydrogen-bond donors (Lipinski definition) is 4. The van der Waals surface area contributed by atoms with Gasteiger partial charge in [-0.1, -0.05) is 0 Å². The van der Waals surface area contributed by atoms with Crippen LogP contribution < -0.4 is 21.7 Å². The highest BCUT2D eigenvalue weighted by atomic mass is 32.2. The van der Waals surface area contributed by atoms with Crippen molar-refractivity contribution in [3.8, 4) is 0 Å². The molecule has 0 atom stereocenters. The molecule has 0 aliphatic carbocycles. The highest BCUT2D eigenvalue weighted by Gasteiger charge is 2.18. The molecule has 9 heteroatoms. The Hall–Kier alpha value is -1.71. The Bertz CT molecular complexity index is 517. The van der Waals surface area contributed by atoms with Crippen molar-refractivity contribution < 1.29 is 13.2 Å². The van der Waals surface area contributed by atoms with Crippen molar-refractivity contribution in [2.24, 2.45) is 11.6 Å². The lowest BCUT2D eigenvalue weighted by molar-refractivity contribution is -0.118. The van der Waals surface area contributed by atoms with Gasteiger partial charge < -0.3 is 11.2 Å². The van der Waals surface area contributed by atoms with Gasteiger partial charge >= 0.3 is 0 Å². The van der Waals surface area contributed by atoms with Crippen LogP contribution in [0.25, 0.3) is 0 Å². The minimum Gasteiger partial charge on any atom is -0.370 e. The van der Waals surface area contributed by atoms with Crippen molar-refractivity contribution in [1.29, 1.82) is 0 Å². The number of pyridine rings is 1. The third kappa shape index (κ3) is 3.95. The Balaban J connectivity index is 2.71. The monoisotopic (exact) mass is 273 g/mol. The molecule has 1 aromatic heterocycles. The predicted molar refractivity (Wildman–Crippen MR) is 65.7 cm³/mol. The van der Waals surface area contributed by atoms with Gasteiger partial charge in [-0.2, -0.15) is 0 Å². The number of hydrazine groups is 1. The molecule has 0 spiro atoms. The van der Waals surface area contributed by atoms with Gasteiger partial charge in [-0.15, -0.1) is 0 Å². The van der Waals surface area contributed by atoms with Gasteiger partial charge in [0.1, 0.15) is 0 Å². The summed E-state index contributed by atoms with van der Waals surface area (Å²) in [5.74, 6) is 4.72. The number of sulfonamides is 1. The van der Waals surface area contributed by atoms with E-state index in [9.17, 15) is 13.2 Å². The molecule has 18 heavy (non-hydrogen) atoms. The van der Waals surface area contributed by atoms with Crippen molar-refractivity contribution in [3.05, 3.63) is 18.3 Å². The topological polar surface area (TPSA) is 140 Å². The summed E-state index contributed by atoms with van der Waals surface area (Å²) in [6, 6.07) is 3.05. The van der Waals surface area contributed by atoms with Crippen LogP contribution in [-0.4, -0.2) is 25.9 Å². The summed E-state index contributed by atoms with van der Waals surface area (Å²) in [7, 11) is -3.76. The summed E-state index contributed by atoms with van der Waals surface area (Å²) in [4.78, 5) is 14.3. The quantitative estimate of drug-likeness (QED) is 0.283. The Morgan fingerprint density at radius 2 is 2.17 bits per heavy atom. The number of carbonyl (C=O) groups excluding carboxylic acids is 1. The lowest BCUT2D eigenvalue weighted by Gasteiger charge is -2.09. The first-order valence-electron chi connectivity index (χ1n) is 5.17. The minimum absolute atomic E-state index is 0.103. The highest BCUT2D eigenvalue weighted by molar-refractivity contribution is 7.89.